The van der Waals surface area contributed by atoms with Crippen LogP contribution in [0.4, 0.5) is 11.8 Å². The summed E-state index contributed by atoms with van der Waals surface area (Å²) in [6, 6.07) is 10.3. The summed E-state index contributed by atoms with van der Waals surface area (Å²) >= 11 is 0. The molecule has 0 aliphatic heterocycles. The van der Waals surface area contributed by atoms with Gasteiger partial charge in [0.2, 0.25) is 5.95 Å². The van der Waals surface area contributed by atoms with E-state index < -0.39 is 0 Å². The second-order valence-corrected chi connectivity index (χ2v) is 6.58. The fraction of sp³-hybridized carbons (Fsp3) is 0.263. The van der Waals surface area contributed by atoms with Crippen LogP contribution in [0.15, 0.2) is 36.5 Å². The van der Waals surface area contributed by atoms with E-state index in [1.54, 1.807) is 10.9 Å². The van der Waals surface area contributed by atoms with Gasteiger partial charge in [-0.25, -0.2) is 0 Å². The van der Waals surface area contributed by atoms with Crippen molar-refractivity contribution in [3.8, 4) is 0 Å². The number of nitrogens with zero attached hydrogens (tertiary/aromatic N) is 6. The van der Waals surface area contributed by atoms with E-state index in [0.29, 0.717) is 24.0 Å². The van der Waals surface area contributed by atoms with Crippen LogP contribution in [0.1, 0.15) is 22.5 Å². The molecule has 1 aromatic carbocycles. The van der Waals surface area contributed by atoms with Gasteiger partial charge in [0.05, 0.1) is 23.8 Å². The molecule has 138 valence electrons. The number of aryl methyl sites for hydroxylation is 2. The molecule has 0 saturated heterocycles. The van der Waals surface area contributed by atoms with Crippen LogP contribution in [0.2, 0.25) is 0 Å². The summed E-state index contributed by atoms with van der Waals surface area (Å²) in [5.41, 5.74) is 11.2. The van der Waals surface area contributed by atoms with Crippen LogP contribution in [0.3, 0.4) is 0 Å². The van der Waals surface area contributed by atoms with Crippen molar-refractivity contribution in [2.45, 2.75) is 26.9 Å². The molecule has 8 heteroatoms. The van der Waals surface area contributed by atoms with Gasteiger partial charge < -0.3 is 11.1 Å². The summed E-state index contributed by atoms with van der Waals surface area (Å²) in [6.07, 6.45) is 1.68. The van der Waals surface area contributed by atoms with E-state index in [1.807, 2.05) is 36.9 Å². The van der Waals surface area contributed by atoms with Crippen LogP contribution in [-0.4, -0.2) is 29.5 Å². The van der Waals surface area contributed by atoms with Crippen molar-refractivity contribution in [2.24, 2.45) is 7.05 Å². The summed E-state index contributed by atoms with van der Waals surface area (Å²) in [4.78, 5) is 8.85. The number of anilines is 2. The van der Waals surface area contributed by atoms with Crippen molar-refractivity contribution >= 4 is 22.8 Å². The summed E-state index contributed by atoms with van der Waals surface area (Å²) in [5.74, 6) is 0.905. The van der Waals surface area contributed by atoms with Crippen molar-refractivity contribution in [2.75, 3.05) is 11.1 Å². The lowest BCUT2D eigenvalue weighted by Gasteiger charge is -2.08. The Balaban J connectivity index is 1.56. The molecule has 3 heterocycles. The summed E-state index contributed by atoms with van der Waals surface area (Å²) in [7, 11) is 1.83. The minimum Gasteiger partial charge on any atom is -0.383 e. The van der Waals surface area contributed by atoms with Gasteiger partial charge in [0.1, 0.15) is 5.82 Å². The smallest absolute Gasteiger partial charge is 0.226 e. The quantitative estimate of drug-likeness (QED) is 0.566. The lowest BCUT2D eigenvalue weighted by Crippen LogP contribution is -2.08. The molecule has 0 saturated carbocycles. The zero-order chi connectivity index (χ0) is 19.0. The van der Waals surface area contributed by atoms with Gasteiger partial charge in [-0.15, -0.1) is 0 Å². The molecular weight excluding hydrogens is 340 g/mol. The largest absolute Gasteiger partial charge is 0.383 e. The van der Waals surface area contributed by atoms with E-state index in [0.717, 1.165) is 28.9 Å². The Morgan fingerprint density at radius 3 is 2.67 bits per heavy atom. The third kappa shape index (κ3) is 3.21. The molecule has 27 heavy (non-hydrogen) atoms. The van der Waals surface area contributed by atoms with Crippen molar-refractivity contribution < 1.29 is 0 Å². The van der Waals surface area contributed by atoms with E-state index in [4.69, 9.17) is 5.73 Å². The van der Waals surface area contributed by atoms with Gasteiger partial charge in [-0.3, -0.25) is 9.36 Å². The highest BCUT2D eigenvalue weighted by Crippen LogP contribution is 2.20. The molecule has 0 aliphatic carbocycles. The molecule has 0 amide bonds. The molecule has 0 spiro atoms. The predicted molar refractivity (Wildman–Crippen MR) is 105 cm³/mol. The first kappa shape index (κ1) is 17.0. The Kier molecular flexibility index (Phi) is 4.23. The Morgan fingerprint density at radius 2 is 1.89 bits per heavy atom. The highest BCUT2D eigenvalue weighted by Gasteiger charge is 2.14. The molecule has 4 rings (SSSR count). The second-order valence-electron chi connectivity index (χ2n) is 6.58. The van der Waals surface area contributed by atoms with E-state index >= 15 is 0 Å². The number of nitrogens with one attached hydrogen (secondary N) is 1. The number of rotatable bonds is 5. The third-order valence-electron chi connectivity index (χ3n) is 4.75. The molecular formula is C19H22N8. The number of benzene rings is 1. The van der Waals surface area contributed by atoms with E-state index in [-0.39, 0.29) is 0 Å². The van der Waals surface area contributed by atoms with Crippen LogP contribution in [0.25, 0.3) is 11.0 Å². The van der Waals surface area contributed by atoms with Gasteiger partial charge in [-0.2, -0.15) is 20.2 Å². The Bertz CT molecular complexity index is 1090. The fourth-order valence-electron chi connectivity index (χ4n) is 3.19. The van der Waals surface area contributed by atoms with E-state index in [2.05, 4.69) is 44.5 Å². The number of hydrogen-bond donors (Lipinski definition) is 2. The van der Waals surface area contributed by atoms with Crippen LogP contribution in [0, 0.1) is 13.8 Å². The number of hydrogen-bond acceptors (Lipinski definition) is 6. The first-order chi connectivity index (χ1) is 13.0. The van der Waals surface area contributed by atoms with Crippen molar-refractivity contribution in [1.29, 1.82) is 0 Å². The van der Waals surface area contributed by atoms with Gasteiger partial charge >= 0.3 is 0 Å². The monoisotopic (exact) mass is 362 g/mol. The zero-order valence-corrected chi connectivity index (χ0v) is 15.6. The zero-order valence-electron chi connectivity index (χ0n) is 15.6. The minimum absolute atomic E-state index is 0.420. The third-order valence-corrected chi connectivity index (χ3v) is 4.75. The Morgan fingerprint density at radius 1 is 1.11 bits per heavy atom. The highest BCUT2D eigenvalue weighted by atomic mass is 15.3. The standard InChI is InChI=1S/C19H22N8/c1-12-15(13(2)27(25-12)11-14-7-5-4-6-8-14)9-21-19-23-17(20)16-10-22-26(3)18(16)24-19/h4-8,10H,9,11H2,1-3H3,(H3,20,21,23,24). The summed E-state index contributed by atoms with van der Waals surface area (Å²) in [5, 5.41) is 12.9. The molecule has 0 radical (unpaired) electrons. The van der Waals surface area contributed by atoms with Crippen LogP contribution >= 0.6 is 0 Å². The first-order valence-electron chi connectivity index (χ1n) is 8.79. The van der Waals surface area contributed by atoms with Gasteiger partial charge in [-0.1, -0.05) is 30.3 Å². The minimum atomic E-state index is 0.420. The van der Waals surface area contributed by atoms with Gasteiger partial charge in [0.25, 0.3) is 0 Å². The molecule has 3 aromatic heterocycles. The van der Waals surface area contributed by atoms with Crippen molar-refractivity contribution in [3.63, 3.8) is 0 Å². The van der Waals surface area contributed by atoms with Crippen LogP contribution < -0.4 is 11.1 Å². The maximum Gasteiger partial charge on any atom is 0.226 e. The molecule has 0 unspecified atom stereocenters. The molecule has 8 nitrogen and oxygen atoms in total. The normalized spacial score (nSPS) is 11.2. The molecule has 0 aliphatic rings. The van der Waals surface area contributed by atoms with E-state index in [1.165, 1.54) is 5.56 Å². The number of nitrogen functional groups attached to an aromatic ring is 1. The van der Waals surface area contributed by atoms with Gasteiger partial charge in [0.15, 0.2) is 5.65 Å². The first-order valence-corrected chi connectivity index (χ1v) is 8.79. The highest BCUT2D eigenvalue weighted by molar-refractivity contribution is 5.86. The lowest BCUT2D eigenvalue weighted by atomic mass is 10.2. The molecule has 4 aromatic rings. The maximum absolute atomic E-state index is 6.03. The summed E-state index contributed by atoms with van der Waals surface area (Å²) in [6.45, 7) is 5.43. The topological polar surface area (TPSA) is 99.5 Å². The average molecular weight is 362 g/mol. The van der Waals surface area contributed by atoms with Crippen LogP contribution in [-0.2, 0) is 20.1 Å². The van der Waals surface area contributed by atoms with E-state index in [9.17, 15) is 0 Å². The Labute approximate surface area is 157 Å². The van der Waals surface area contributed by atoms with Crippen LogP contribution in [0.5, 0.6) is 0 Å². The number of fused-ring (bicyclic) bond motifs is 1. The molecule has 0 bridgehead atoms. The number of aromatic nitrogens is 6. The van der Waals surface area contributed by atoms with Gasteiger partial charge in [-0.05, 0) is 19.4 Å². The van der Waals surface area contributed by atoms with Gasteiger partial charge in [0, 0.05) is 24.8 Å². The molecule has 3 N–H and O–H groups in total. The predicted octanol–water partition coefficient (Wildman–Crippen LogP) is 2.42. The fourth-order valence-corrected chi connectivity index (χ4v) is 3.19. The number of nitrogens with two attached hydrogens (primary N) is 1. The average Bonchev–Trinajstić information content (AvgIpc) is 3.15. The maximum atomic E-state index is 6.03. The molecule has 0 atom stereocenters. The lowest BCUT2D eigenvalue weighted by molar-refractivity contribution is 0.658. The Hall–Kier alpha value is -3.42. The molecule has 0 fully saturated rings. The van der Waals surface area contributed by atoms with Crippen molar-refractivity contribution in [3.05, 3.63) is 59.0 Å². The SMILES string of the molecule is Cc1nn(Cc2ccccc2)c(C)c1CNc1nc(N)c2cnn(C)c2n1. The second kappa shape index (κ2) is 6.71. The summed E-state index contributed by atoms with van der Waals surface area (Å²) < 4.78 is 3.72. The van der Waals surface area contributed by atoms with Crippen molar-refractivity contribution in [1.82, 2.24) is 29.5 Å².